The predicted molar refractivity (Wildman–Crippen MR) is 132 cm³/mol. The summed E-state index contributed by atoms with van der Waals surface area (Å²) in [4.78, 5) is 17.9. The van der Waals surface area contributed by atoms with Crippen LogP contribution in [0.1, 0.15) is 15.9 Å². The highest BCUT2D eigenvalue weighted by Gasteiger charge is 2.14. The molecule has 5 rings (SSSR count). The predicted octanol–water partition coefficient (Wildman–Crippen LogP) is 6.73. The first-order valence-corrected chi connectivity index (χ1v) is 10.8. The van der Waals surface area contributed by atoms with Crippen molar-refractivity contribution in [3.8, 4) is 17.0 Å². The van der Waals surface area contributed by atoms with Crippen molar-refractivity contribution in [2.75, 3.05) is 5.32 Å². The van der Waals surface area contributed by atoms with Crippen LogP contribution >= 0.6 is 0 Å². The largest absolute Gasteiger partial charge is 0.489 e. The van der Waals surface area contributed by atoms with E-state index in [0.717, 1.165) is 39.2 Å². The Balaban J connectivity index is 1.42. The SMILES string of the molecule is O=C(Nc1ccccc1)c1cc(-c2ccc(COc3ccccc3)cc2)nc2ccccc12. The van der Waals surface area contributed by atoms with Gasteiger partial charge < -0.3 is 10.1 Å². The van der Waals surface area contributed by atoms with E-state index in [0.29, 0.717) is 12.2 Å². The molecule has 160 valence electrons. The molecule has 0 spiro atoms. The molecule has 0 saturated carbocycles. The van der Waals surface area contributed by atoms with E-state index in [1.807, 2.05) is 115 Å². The van der Waals surface area contributed by atoms with Gasteiger partial charge in [0.2, 0.25) is 0 Å². The third-order valence-corrected chi connectivity index (χ3v) is 5.39. The zero-order valence-corrected chi connectivity index (χ0v) is 17.9. The molecular formula is C29H22N2O2. The van der Waals surface area contributed by atoms with Gasteiger partial charge in [-0.2, -0.15) is 0 Å². The van der Waals surface area contributed by atoms with Gasteiger partial charge >= 0.3 is 0 Å². The number of rotatable bonds is 6. The van der Waals surface area contributed by atoms with E-state index >= 15 is 0 Å². The Bertz CT molecular complexity index is 1380. The minimum atomic E-state index is -0.158. The van der Waals surface area contributed by atoms with Crippen molar-refractivity contribution in [1.82, 2.24) is 4.98 Å². The minimum Gasteiger partial charge on any atom is -0.489 e. The lowest BCUT2D eigenvalue weighted by atomic mass is 10.0. The number of hydrogen-bond acceptors (Lipinski definition) is 3. The number of carbonyl (C=O) groups excluding carboxylic acids is 1. The van der Waals surface area contributed by atoms with Crippen LogP contribution in [0.3, 0.4) is 0 Å². The molecule has 1 amide bonds. The molecule has 0 bridgehead atoms. The maximum absolute atomic E-state index is 13.1. The molecule has 1 N–H and O–H groups in total. The van der Waals surface area contributed by atoms with Crippen molar-refractivity contribution in [3.63, 3.8) is 0 Å². The van der Waals surface area contributed by atoms with Gasteiger partial charge in [0.15, 0.2) is 0 Å². The Morgan fingerprint density at radius 2 is 1.42 bits per heavy atom. The highest BCUT2D eigenvalue weighted by molar-refractivity contribution is 6.13. The number of amides is 1. The van der Waals surface area contributed by atoms with Crippen LogP contribution in [0, 0.1) is 0 Å². The van der Waals surface area contributed by atoms with E-state index in [4.69, 9.17) is 9.72 Å². The van der Waals surface area contributed by atoms with Crippen LogP contribution in [0.2, 0.25) is 0 Å². The standard InChI is InChI=1S/C29H22N2O2/c32-29(30-23-9-3-1-4-10-23)26-19-28(31-27-14-8-7-13-25(26)27)22-17-15-21(16-18-22)20-33-24-11-5-2-6-12-24/h1-19H,20H2,(H,30,32). The molecule has 1 heterocycles. The van der Waals surface area contributed by atoms with Crippen LogP contribution in [0.15, 0.2) is 115 Å². The van der Waals surface area contributed by atoms with Gasteiger partial charge in [-0.3, -0.25) is 4.79 Å². The van der Waals surface area contributed by atoms with Gasteiger partial charge in [-0.05, 0) is 42.0 Å². The molecule has 1 aromatic heterocycles. The smallest absolute Gasteiger partial charge is 0.256 e. The molecule has 0 fully saturated rings. The van der Waals surface area contributed by atoms with E-state index in [-0.39, 0.29) is 5.91 Å². The fourth-order valence-corrected chi connectivity index (χ4v) is 3.69. The van der Waals surface area contributed by atoms with E-state index in [1.165, 1.54) is 0 Å². The summed E-state index contributed by atoms with van der Waals surface area (Å²) in [5, 5.41) is 3.81. The summed E-state index contributed by atoms with van der Waals surface area (Å²) in [5.41, 5.74) is 4.89. The first-order chi connectivity index (χ1) is 16.3. The van der Waals surface area contributed by atoms with Crippen molar-refractivity contribution in [3.05, 3.63) is 126 Å². The van der Waals surface area contributed by atoms with Gasteiger partial charge in [-0.15, -0.1) is 0 Å². The number of nitrogens with zero attached hydrogens (tertiary/aromatic N) is 1. The molecule has 0 aliphatic carbocycles. The highest BCUT2D eigenvalue weighted by Crippen LogP contribution is 2.26. The number of benzene rings is 4. The van der Waals surface area contributed by atoms with Crippen LogP contribution in [0.5, 0.6) is 5.75 Å². The average Bonchev–Trinajstić information content (AvgIpc) is 2.88. The molecule has 33 heavy (non-hydrogen) atoms. The fourth-order valence-electron chi connectivity index (χ4n) is 3.69. The van der Waals surface area contributed by atoms with E-state index in [9.17, 15) is 4.79 Å². The molecule has 0 saturated heterocycles. The van der Waals surface area contributed by atoms with E-state index in [2.05, 4.69) is 5.32 Å². The molecule has 4 heteroatoms. The quantitative estimate of drug-likeness (QED) is 0.325. The highest BCUT2D eigenvalue weighted by atomic mass is 16.5. The lowest BCUT2D eigenvalue weighted by Crippen LogP contribution is -2.13. The second kappa shape index (κ2) is 9.37. The lowest BCUT2D eigenvalue weighted by molar-refractivity contribution is 0.102. The number of pyridine rings is 1. The first-order valence-electron chi connectivity index (χ1n) is 10.8. The Labute approximate surface area is 192 Å². The Kier molecular flexibility index (Phi) is 5.81. The van der Waals surface area contributed by atoms with Gasteiger partial charge in [-0.1, -0.05) is 78.9 Å². The second-order valence-electron chi connectivity index (χ2n) is 7.69. The van der Waals surface area contributed by atoms with Crippen LogP contribution in [0.4, 0.5) is 5.69 Å². The van der Waals surface area contributed by atoms with Crippen molar-refractivity contribution < 1.29 is 9.53 Å². The maximum Gasteiger partial charge on any atom is 0.256 e. The topological polar surface area (TPSA) is 51.2 Å². The Morgan fingerprint density at radius 1 is 0.758 bits per heavy atom. The van der Waals surface area contributed by atoms with Gasteiger partial charge in [0, 0.05) is 16.6 Å². The van der Waals surface area contributed by atoms with Crippen LogP contribution in [-0.2, 0) is 6.61 Å². The monoisotopic (exact) mass is 430 g/mol. The van der Waals surface area contributed by atoms with Crippen molar-refractivity contribution in [1.29, 1.82) is 0 Å². The molecule has 0 radical (unpaired) electrons. The summed E-state index contributed by atoms with van der Waals surface area (Å²) in [7, 11) is 0. The molecule has 5 aromatic rings. The normalized spacial score (nSPS) is 10.7. The number of ether oxygens (including phenoxy) is 1. The van der Waals surface area contributed by atoms with Gasteiger partial charge in [0.05, 0.1) is 16.8 Å². The molecule has 0 unspecified atom stereocenters. The summed E-state index contributed by atoms with van der Waals surface area (Å²) in [6.07, 6.45) is 0. The van der Waals surface area contributed by atoms with Gasteiger partial charge in [-0.25, -0.2) is 4.98 Å². The number of hydrogen-bond donors (Lipinski definition) is 1. The summed E-state index contributed by atoms with van der Waals surface area (Å²) in [6, 6.07) is 36.9. The third kappa shape index (κ3) is 4.75. The molecule has 4 nitrogen and oxygen atoms in total. The minimum absolute atomic E-state index is 0.158. The number of para-hydroxylation sites is 3. The van der Waals surface area contributed by atoms with Crippen molar-refractivity contribution >= 4 is 22.5 Å². The summed E-state index contributed by atoms with van der Waals surface area (Å²) in [5.74, 6) is 0.681. The van der Waals surface area contributed by atoms with E-state index in [1.54, 1.807) is 0 Å². The summed E-state index contributed by atoms with van der Waals surface area (Å²) >= 11 is 0. The maximum atomic E-state index is 13.1. The zero-order chi connectivity index (χ0) is 22.5. The van der Waals surface area contributed by atoms with Gasteiger partial charge in [0.1, 0.15) is 12.4 Å². The third-order valence-electron chi connectivity index (χ3n) is 5.39. The zero-order valence-electron chi connectivity index (χ0n) is 17.9. The molecule has 0 aliphatic rings. The van der Waals surface area contributed by atoms with Crippen LogP contribution in [0.25, 0.3) is 22.2 Å². The number of anilines is 1. The molecular weight excluding hydrogens is 408 g/mol. The fraction of sp³-hybridized carbons (Fsp3) is 0.0345. The molecule has 0 aliphatic heterocycles. The van der Waals surface area contributed by atoms with Crippen molar-refractivity contribution in [2.24, 2.45) is 0 Å². The number of nitrogens with one attached hydrogen (secondary N) is 1. The number of fused-ring (bicyclic) bond motifs is 1. The van der Waals surface area contributed by atoms with Crippen molar-refractivity contribution in [2.45, 2.75) is 6.61 Å². The first kappa shape index (κ1) is 20.5. The molecule has 4 aromatic carbocycles. The van der Waals surface area contributed by atoms with Crippen LogP contribution < -0.4 is 10.1 Å². The number of aromatic nitrogens is 1. The second-order valence-corrected chi connectivity index (χ2v) is 7.69. The lowest BCUT2D eigenvalue weighted by Gasteiger charge is -2.11. The van der Waals surface area contributed by atoms with E-state index < -0.39 is 0 Å². The summed E-state index contributed by atoms with van der Waals surface area (Å²) < 4.78 is 5.83. The summed E-state index contributed by atoms with van der Waals surface area (Å²) in [6.45, 7) is 0.486. The van der Waals surface area contributed by atoms with Gasteiger partial charge in [0.25, 0.3) is 5.91 Å². The Hall–Kier alpha value is -4.44. The average molecular weight is 431 g/mol. The van der Waals surface area contributed by atoms with Crippen LogP contribution in [-0.4, -0.2) is 10.9 Å². The Morgan fingerprint density at radius 3 is 2.18 bits per heavy atom. The molecule has 0 atom stereocenters. The number of carbonyl (C=O) groups is 1.